The molecule has 1 N–H and O–H groups in total. The van der Waals surface area contributed by atoms with Crippen molar-refractivity contribution in [2.24, 2.45) is 0 Å². The molecule has 1 aromatic carbocycles. The molecule has 0 amide bonds. The molecule has 0 aliphatic heterocycles. The van der Waals surface area contributed by atoms with Crippen molar-refractivity contribution in [2.45, 2.75) is 45.2 Å². The second kappa shape index (κ2) is 5.63. The molecule has 0 saturated carbocycles. The lowest BCUT2D eigenvalue weighted by Gasteiger charge is -2.05. The lowest BCUT2D eigenvalue weighted by atomic mass is 10.1. The molecule has 2 rings (SSSR count). The molecule has 1 heterocycles. The predicted molar refractivity (Wildman–Crippen MR) is 68.9 cm³/mol. The molecule has 19 heavy (non-hydrogen) atoms. The molecule has 0 saturated heterocycles. The van der Waals surface area contributed by atoms with Crippen LogP contribution in [0, 0.1) is 0 Å². The number of imidazole rings is 1. The zero-order valence-electron chi connectivity index (χ0n) is 10.8. The van der Waals surface area contributed by atoms with Gasteiger partial charge in [0.2, 0.25) is 0 Å². The molecule has 0 fully saturated rings. The van der Waals surface area contributed by atoms with Gasteiger partial charge in [-0.3, -0.25) is 0 Å². The molecule has 0 bridgehead atoms. The highest BCUT2D eigenvalue weighted by Crippen LogP contribution is 2.30. The summed E-state index contributed by atoms with van der Waals surface area (Å²) in [7, 11) is 0. The number of benzene rings is 1. The fraction of sp³-hybridized carbons (Fsp3) is 0.500. The van der Waals surface area contributed by atoms with Gasteiger partial charge in [-0.15, -0.1) is 0 Å². The molecular weight excluding hydrogens is 253 g/mol. The quantitative estimate of drug-likeness (QED) is 0.783. The highest BCUT2D eigenvalue weighted by Gasteiger charge is 2.30. The maximum absolute atomic E-state index is 12.6. The number of unbranched alkanes of at least 4 members (excludes halogenated alkanes) is 3. The molecule has 0 atom stereocenters. The molecule has 0 aliphatic carbocycles. The Labute approximate surface area is 110 Å². The summed E-state index contributed by atoms with van der Waals surface area (Å²) in [5.74, 6) is 0.769. The summed E-state index contributed by atoms with van der Waals surface area (Å²) < 4.78 is 37.7. The number of nitrogens with zero attached hydrogens (tertiary/aromatic N) is 1. The van der Waals surface area contributed by atoms with E-state index < -0.39 is 11.7 Å². The molecule has 1 aromatic heterocycles. The van der Waals surface area contributed by atoms with E-state index in [0.717, 1.165) is 43.6 Å². The highest BCUT2D eigenvalue weighted by atomic mass is 19.4. The zero-order chi connectivity index (χ0) is 13.9. The van der Waals surface area contributed by atoms with Crippen LogP contribution in [-0.4, -0.2) is 9.97 Å². The Balaban J connectivity index is 2.12. The van der Waals surface area contributed by atoms with E-state index in [2.05, 4.69) is 16.9 Å². The number of alkyl halides is 3. The summed E-state index contributed by atoms with van der Waals surface area (Å²) >= 11 is 0. The maximum atomic E-state index is 12.6. The third kappa shape index (κ3) is 3.49. The second-order valence-electron chi connectivity index (χ2n) is 4.72. The Hall–Kier alpha value is -1.52. The Morgan fingerprint density at radius 2 is 1.95 bits per heavy atom. The van der Waals surface area contributed by atoms with Crippen LogP contribution in [0.2, 0.25) is 0 Å². The van der Waals surface area contributed by atoms with E-state index >= 15 is 0 Å². The van der Waals surface area contributed by atoms with Gasteiger partial charge in [-0.1, -0.05) is 26.2 Å². The minimum Gasteiger partial charge on any atom is -0.342 e. The first kappa shape index (κ1) is 13.9. The van der Waals surface area contributed by atoms with Gasteiger partial charge in [0.1, 0.15) is 5.82 Å². The number of fused-ring (bicyclic) bond motifs is 1. The van der Waals surface area contributed by atoms with E-state index in [4.69, 9.17) is 0 Å². The van der Waals surface area contributed by atoms with Crippen molar-refractivity contribution in [2.75, 3.05) is 0 Å². The minimum absolute atomic E-state index is 0.459. The van der Waals surface area contributed by atoms with E-state index in [-0.39, 0.29) is 0 Å². The summed E-state index contributed by atoms with van der Waals surface area (Å²) in [6.07, 6.45) is 0.964. The number of halogens is 3. The van der Waals surface area contributed by atoms with Gasteiger partial charge in [0, 0.05) is 6.42 Å². The first-order chi connectivity index (χ1) is 9.00. The highest BCUT2D eigenvalue weighted by molar-refractivity contribution is 5.76. The van der Waals surface area contributed by atoms with Gasteiger partial charge in [0.05, 0.1) is 16.6 Å². The Morgan fingerprint density at radius 1 is 1.16 bits per heavy atom. The van der Waals surface area contributed by atoms with Crippen LogP contribution in [0.25, 0.3) is 11.0 Å². The predicted octanol–water partition coefficient (Wildman–Crippen LogP) is 4.70. The van der Waals surface area contributed by atoms with Crippen LogP contribution in [0.3, 0.4) is 0 Å². The molecule has 0 radical (unpaired) electrons. The van der Waals surface area contributed by atoms with E-state index in [1.165, 1.54) is 12.5 Å². The lowest BCUT2D eigenvalue weighted by molar-refractivity contribution is -0.137. The van der Waals surface area contributed by atoms with Gasteiger partial charge in [0.15, 0.2) is 0 Å². The van der Waals surface area contributed by atoms with Gasteiger partial charge in [-0.05, 0) is 24.6 Å². The molecule has 2 nitrogen and oxygen atoms in total. The monoisotopic (exact) mass is 270 g/mol. The first-order valence-corrected chi connectivity index (χ1v) is 6.56. The fourth-order valence-corrected chi connectivity index (χ4v) is 2.08. The number of aryl methyl sites for hydroxylation is 1. The van der Waals surface area contributed by atoms with Crippen molar-refractivity contribution in [1.29, 1.82) is 0 Å². The summed E-state index contributed by atoms with van der Waals surface area (Å²) in [4.78, 5) is 7.28. The summed E-state index contributed by atoms with van der Waals surface area (Å²) in [6, 6.07) is 3.62. The first-order valence-electron chi connectivity index (χ1n) is 6.56. The Kier molecular flexibility index (Phi) is 4.12. The van der Waals surface area contributed by atoms with Crippen LogP contribution in [0.4, 0.5) is 13.2 Å². The van der Waals surface area contributed by atoms with Crippen molar-refractivity contribution in [3.8, 4) is 0 Å². The van der Waals surface area contributed by atoms with Crippen LogP contribution in [0.1, 0.15) is 44.0 Å². The van der Waals surface area contributed by atoms with Crippen molar-refractivity contribution in [1.82, 2.24) is 9.97 Å². The van der Waals surface area contributed by atoms with Crippen LogP contribution in [0.5, 0.6) is 0 Å². The third-order valence-electron chi connectivity index (χ3n) is 3.13. The molecule has 0 spiro atoms. The number of hydrogen-bond donors (Lipinski definition) is 1. The van der Waals surface area contributed by atoms with E-state index in [1.54, 1.807) is 0 Å². The standard InChI is InChI=1S/C14H17F3N2/c1-2-3-4-5-6-13-18-11-8-7-10(14(15,16)17)9-12(11)19-13/h7-9H,2-6H2,1H3,(H,18,19). The van der Waals surface area contributed by atoms with Gasteiger partial charge >= 0.3 is 6.18 Å². The van der Waals surface area contributed by atoms with Crippen LogP contribution in [0.15, 0.2) is 18.2 Å². The van der Waals surface area contributed by atoms with Crippen LogP contribution < -0.4 is 0 Å². The van der Waals surface area contributed by atoms with Crippen molar-refractivity contribution in [3.63, 3.8) is 0 Å². The van der Waals surface area contributed by atoms with Crippen molar-refractivity contribution >= 4 is 11.0 Å². The van der Waals surface area contributed by atoms with E-state index in [0.29, 0.717) is 11.0 Å². The minimum atomic E-state index is -4.30. The fourth-order valence-electron chi connectivity index (χ4n) is 2.08. The third-order valence-corrected chi connectivity index (χ3v) is 3.13. The molecule has 0 unspecified atom stereocenters. The van der Waals surface area contributed by atoms with Gasteiger partial charge < -0.3 is 4.98 Å². The number of hydrogen-bond acceptors (Lipinski definition) is 1. The molecular formula is C14H17F3N2. The van der Waals surface area contributed by atoms with Crippen LogP contribution >= 0.6 is 0 Å². The smallest absolute Gasteiger partial charge is 0.342 e. The number of H-pyrrole nitrogens is 1. The molecule has 104 valence electrons. The van der Waals surface area contributed by atoms with Crippen LogP contribution in [-0.2, 0) is 12.6 Å². The zero-order valence-corrected chi connectivity index (χ0v) is 10.8. The normalized spacial score (nSPS) is 12.2. The van der Waals surface area contributed by atoms with Gasteiger partial charge in [-0.2, -0.15) is 13.2 Å². The Morgan fingerprint density at radius 3 is 2.63 bits per heavy atom. The lowest BCUT2D eigenvalue weighted by Crippen LogP contribution is -2.04. The largest absolute Gasteiger partial charge is 0.416 e. The number of aromatic amines is 1. The van der Waals surface area contributed by atoms with Gasteiger partial charge in [0.25, 0.3) is 0 Å². The van der Waals surface area contributed by atoms with E-state index in [1.807, 2.05) is 0 Å². The maximum Gasteiger partial charge on any atom is 0.416 e. The van der Waals surface area contributed by atoms with Crippen molar-refractivity contribution in [3.05, 3.63) is 29.6 Å². The topological polar surface area (TPSA) is 28.7 Å². The average Bonchev–Trinajstić information content (AvgIpc) is 2.75. The van der Waals surface area contributed by atoms with E-state index in [9.17, 15) is 13.2 Å². The molecule has 5 heteroatoms. The Bertz CT molecular complexity index is 543. The second-order valence-corrected chi connectivity index (χ2v) is 4.72. The SMILES string of the molecule is CCCCCCc1nc2ccc(C(F)(F)F)cc2[nH]1. The molecule has 0 aliphatic rings. The summed E-state index contributed by atoms with van der Waals surface area (Å²) in [6.45, 7) is 2.14. The number of nitrogens with one attached hydrogen (secondary N) is 1. The summed E-state index contributed by atoms with van der Waals surface area (Å²) in [5.41, 5.74) is 0.417. The average molecular weight is 270 g/mol. The number of aromatic nitrogens is 2. The summed E-state index contributed by atoms with van der Waals surface area (Å²) in [5, 5.41) is 0. The number of rotatable bonds is 5. The molecule has 2 aromatic rings. The van der Waals surface area contributed by atoms with Crippen molar-refractivity contribution < 1.29 is 13.2 Å². The van der Waals surface area contributed by atoms with Gasteiger partial charge in [-0.25, -0.2) is 4.98 Å².